The highest BCUT2D eigenvalue weighted by atomic mass is 16.5. The molecule has 0 unspecified atom stereocenters. The largest absolute Gasteiger partial charge is 0.385 e. The molecule has 0 fully saturated rings. The number of aryl methyl sites for hydroxylation is 2. The van der Waals surface area contributed by atoms with Gasteiger partial charge in [0, 0.05) is 38.1 Å². The van der Waals surface area contributed by atoms with E-state index in [1.165, 1.54) is 0 Å². The Hall–Kier alpha value is -1.13. The van der Waals surface area contributed by atoms with Crippen molar-refractivity contribution >= 4 is 0 Å². The van der Waals surface area contributed by atoms with Crippen LogP contribution in [0.1, 0.15) is 23.2 Å². The van der Waals surface area contributed by atoms with Gasteiger partial charge in [-0.05, 0) is 38.9 Å². The van der Waals surface area contributed by atoms with Crippen molar-refractivity contribution in [3.8, 4) is 0 Å². The number of methoxy groups -OCH3 is 1. The molecule has 1 N–H and O–H groups in total. The second-order valence-corrected chi connectivity index (χ2v) is 4.28. The highest BCUT2D eigenvalue weighted by Crippen LogP contribution is 2.06. The third-order valence-corrected chi connectivity index (χ3v) is 2.91. The fourth-order valence-corrected chi connectivity index (χ4v) is 2.01. The zero-order valence-corrected chi connectivity index (χ0v) is 11.2. The number of ether oxygens (including phenoxy) is 1. The first-order valence-electron chi connectivity index (χ1n) is 5.95. The molecule has 0 saturated heterocycles. The maximum Gasteiger partial charge on any atom is 0.255 e. The fourth-order valence-electron chi connectivity index (χ4n) is 2.01. The van der Waals surface area contributed by atoms with Crippen LogP contribution in [0, 0.1) is 13.8 Å². The topological polar surface area (TPSA) is 43.3 Å². The lowest BCUT2D eigenvalue weighted by Gasteiger charge is -2.14. The van der Waals surface area contributed by atoms with Crippen LogP contribution in [-0.2, 0) is 17.8 Å². The van der Waals surface area contributed by atoms with Gasteiger partial charge in [-0.2, -0.15) is 0 Å². The summed E-state index contributed by atoms with van der Waals surface area (Å²) in [4.78, 5) is 12.3. The maximum atomic E-state index is 12.3. The summed E-state index contributed by atoms with van der Waals surface area (Å²) in [6, 6.07) is 2.07. The number of aromatic nitrogens is 1. The van der Waals surface area contributed by atoms with E-state index in [1.54, 1.807) is 7.11 Å². The predicted molar refractivity (Wildman–Crippen MR) is 69.4 cm³/mol. The van der Waals surface area contributed by atoms with E-state index in [-0.39, 0.29) is 5.56 Å². The lowest BCUT2D eigenvalue weighted by atomic mass is 10.1. The Morgan fingerprint density at radius 1 is 1.41 bits per heavy atom. The average molecular weight is 238 g/mol. The van der Waals surface area contributed by atoms with Crippen LogP contribution in [-0.4, -0.2) is 25.3 Å². The Balaban J connectivity index is 3.03. The standard InChI is InChI=1S/C13H22N2O2/c1-10-8-11(2)15(6-5-7-17-4)13(16)12(10)9-14-3/h8,14H,5-7,9H2,1-4H3. The SMILES string of the molecule is CNCc1c(C)cc(C)n(CCCOC)c1=O. The summed E-state index contributed by atoms with van der Waals surface area (Å²) in [5.74, 6) is 0. The van der Waals surface area contributed by atoms with Gasteiger partial charge in [0.1, 0.15) is 0 Å². The van der Waals surface area contributed by atoms with Gasteiger partial charge in [-0.25, -0.2) is 0 Å². The van der Waals surface area contributed by atoms with Crippen molar-refractivity contribution in [3.05, 3.63) is 33.2 Å². The lowest BCUT2D eigenvalue weighted by molar-refractivity contribution is 0.189. The number of hydrogen-bond acceptors (Lipinski definition) is 3. The molecule has 0 atom stereocenters. The molecular formula is C13H22N2O2. The van der Waals surface area contributed by atoms with Crippen LogP contribution in [0.5, 0.6) is 0 Å². The summed E-state index contributed by atoms with van der Waals surface area (Å²) < 4.78 is 6.85. The molecule has 1 aromatic rings. The van der Waals surface area contributed by atoms with Crippen LogP contribution in [0.4, 0.5) is 0 Å². The molecule has 1 rings (SSSR count). The van der Waals surface area contributed by atoms with E-state index in [0.29, 0.717) is 13.2 Å². The number of nitrogens with zero attached hydrogens (tertiary/aromatic N) is 1. The van der Waals surface area contributed by atoms with Crippen molar-refractivity contribution in [2.75, 3.05) is 20.8 Å². The van der Waals surface area contributed by atoms with E-state index >= 15 is 0 Å². The zero-order valence-electron chi connectivity index (χ0n) is 11.2. The lowest BCUT2D eigenvalue weighted by Crippen LogP contribution is -2.29. The predicted octanol–water partition coefficient (Wildman–Crippen LogP) is 1.22. The van der Waals surface area contributed by atoms with Gasteiger partial charge in [0.05, 0.1) is 0 Å². The van der Waals surface area contributed by atoms with Gasteiger partial charge in [0.25, 0.3) is 5.56 Å². The van der Waals surface area contributed by atoms with Gasteiger partial charge in [-0.1, -0.05) is 0 Å². The maximum absolute atomic E-state index is 12.3. The summed E-state index contributed by atoms with van der Waals surface area (Å²) >= 11 is 0. The normalized spacial score (nSPS) is 10.8. The molecule has 0 aromatic carbocycles. The van der Waals surface area contributed by atoms with Crippen molar-refractivity contribution in [1.82, 2.24) is 9.88 Å². The monoisotopic (exact) mass is 238 g/mol. The van der Waals surface area contributed by atoms with Crippen molar-refractivity contribution in [1.29, 1.82) is 0 Å². The van der Waals surface area contributed by atoms with E-state index in [9.17, 15) is 4.79 Å². The highest BCUT2D eigenvalue weighted by molar-refractivity contribution is 5.26. The molecule has 0 aliphatic rings. The minimum Gasteiger partial charge on any atom is -0.385 e. The third kappa shape index (κ3) is 3.41. The van der Waals surface area contributed by atoms with Gasteiger partial charge >= 0.3 is 0 Å². The molecule has 96 valence electrons. The summed E-state index contributed by atoms with van der Waals surface area (Å²) in [5.41, 5.74) is 3.05. The number of pyridine rings is 1. The van der Waals surface area contributed by atoms with Crippen molar-refractivity contribution < 1.29 is 4.74 Å². The van der Waals surface area contributed by atoms with Crippen molar-refractivity contribution in [2.24, 2.45) is 0 Å². The van der Waals surface area contributed by atoms with Crippen LogP contribution in [0.2, 0.25) is 0 Å². The third-order valence-electron chi connectivity index (χ3n) is 2.91. The second kappa shape index (κ2) is 6.57. The minimum absolute atomic E-state index is 0.118. The Morgan fingerprint density at radius 3 is 2.71 bits per heavy atom. The first kappa shape index (κ1) is 13.9. The number of hydrogen-bond donors (Lipinski definition) is 1. The van der Waals surface area contributed by atoms with Crippen LogP contribution in [0.15, 0.2) is 10.9 Å². The van der Waals surface area contributed by atoms with Gasteiger partial charge in [0.15, 0.2) is 0 Å². The van der Waals surface area contributed by atoms with Crippen LogP contribution in [0.3, 0.4) is 0 Å². The Kier molecular flexibility index (Phi) is 5.38. The zero-order chi connectivity index (χ0) is 12.8. The average Bonchev–Trinajstić information content (AvgIpc) is 2.29. The van der Waals surface area contributed by atoms with E-state index < -0.39 is 0 Å². The molecule has 0 amide bonds. The molecule has 17 heavy (non-hydrogen) atoms. The fraction of sp³-hybridized carbons (Fsp3) is 0.615. The Bertz CT molecular complexity index is 424. The first-order chi connectivity index (χ1) is 8.11. The summed E-state index contributed by atoms with van der Waals surface area (Å²) in [5, 5.41) is 3.04. The van der Waals surface area contributed by atoms with Gasteiger partial charge in [0.2, 0.25) is 0 Å². The molecule has 0 saturated carbocycles. The Labute approximate surface area is 103 Å². The van der Waals surface area contributed by atoms with Crippen LogP contribution >= 0.6 is 0 Å². The molecule has 0 spiro atoms. The number of nitrogens with one attached hydrogen (secondary N) is 1. The Morgan fingerprint density at radius 2 is 2.12 bits per heavy atom. The van der Waals surface area contributed by atoms with Crippen molar-refractivity contribution in [2.45, 2.75) is 33.4 Å². The minimum atomic E-state index is 0.118. The van der Waals surface area contributed by atoms with Gasteiger partial charge < -0.3 is 14.6 Å². The molecule has 0 radical (unpaired) electrons. The molecule has 0 bridgehead atoms. The van der Waals surface area contributed by atoms with Crippen LogP contribution in [0.25, 0.3) is 0 Å². The second-order valence-electron chi connectivity index (χ2n) is 4.28. The molecule has 1 heterocycles. The molecule has 1 aromatic heterocycles. The smallest absolute Gasteiger partial charge is 0.255 e. The van der Waals surface area contributed by atoms with E-state index in [1.807, 2.05) is 25.5 Å². The van der Waals surface area contributed by atoms with E-state index in [2.05, 4.69) is 11.4 Å². The molecule has 0 aliphatic heterocycles. The number of rotatable bonds is 6. The van der Waals surface area contributed by atoms with Crippen LogP contribution < -0.4 is 10.9 Å². The quantitative estimate of drug-likeness (QED) is 0.758. The first-order valence-corrected chi connectivity index (χ1v) is 5.95. The summed E-state index contributed by atoms with van der Waals surface area (Å²) in [6.07, 6.45) is 0.860. The van der Waals surface area contributed by atoms with Crippen molar-refractivity contribution in [3.63, 3.8) is 0 Å². The van der Waals surface area contributed by atoms with E-state index in [4.69, 9.17) is 4.74 Å². The molecular weight excluding hydrogens is 216 g/mol. The summed E-state index contributed by atoms with van der Waals surface area (Å²) in [6.45, 7) is 5.98. The summed E-state index contributed by atoms with van der Waals surface area (Å²) in [7, 11) is 3.53. The highest BCUT2D eigenvalue weighted by Gasteiger charge is 2.09. The van der Waals surface area contributed by atoms with E-state index in [0.717, 1.165) is 29.8 Å². The molecule has 4 nitrogen and oxygen atoms in total. The molecule has 0 aliphatic carbocycles. The molecule has 4 heteroatoms. The van der Waals surface area contributed by atoms with Gasteiger partial charge in [-0.3, -0.25) is 4.79 Å². The van der Waals surface area contributed by atoms with Gasteiger partial charge in [-0.15, -0.1) is 0 Å².